The Balaban J connectivity index is 1.70. The molecule has 3 rings (SSSR count). The topological polar surface area (TPSA) is 48.2 Å². The molecule has 3 aromatic rings. The molecule has 0 radical (unpaired) electrons. The summed E-state index contributed by atoms with van der Waals surface area (Å²) in [6.45, 7) is 2.25. The minimum absolute atomic E-state index is 0.227. The summed E-state index contributed by atoms with van der Waals surface area (Å²) in [5, 5.41) is 8.05. The monoisotopic (exact) mass is 422 g/mol. The van der Waals surface area contributed by atoms with E-state index in [1.165, 1.54) is 0 Å². The summed E-state index contributed by atoms with van der Waals surface area (Å²) < 4.78 is 13.2. The van der Waals surface area contributed by atoms with Gasteiger partial charge >= 0.3 is 0 Å². The van der Waals surface area contributed by atoms with Gasteiger partial charge in [-0.1, -0.05) is 22.0 Å². The van der Waals surface area contributed by atoms with Crippen molar-refractivity contribution in [2.45, 2.75) is 13.5 Å². The van der Waals surface area contributed by atoms with Crippen LogP contribution >= 0.6 is 31.9 Å². The van der Waals surface area contributed by atoms with Crippen LogP contribution in [0.3, 0.4) is 0 Å². The van der Waals surface area contributed by atoms with Gasteiger partial charge in [-0.15, -0.1) is 10.2 Å². The molecule has 22 heavy (non-hydrogen) atoms. The predicted molar refractivity (Wildman–Crippen MR) is 90.6 cm³/mol. The molecule has 1 heterocycles. The number of hydrogen-bond donors (Lipinski definition) is 0. The average Bonchev–Trinajstić information content (AvgIpc) is 2.96. The molecule has 0 saturated carbocycles. The molecule has 112 valence electrons. The number of halogens is 2. The van der Waals surface area contributed by atoms with Crippen LogP contribution in [-0.2, 0) is 6.61 Å². The summed E-state index contributed by atoms with van der Waals surface area (Å²) >= 11 is 6.87. The van der Waals surface area contributed by atoms with Gasteiger partial charge < -0.3 is 9.15 Å². The molecule has 0 spiro atoms. The van der Waals surface area contributed by atoms with Gasteiger partial charge in [0, 0.05) is 10.0 Å². The van der Waals surface area contributed by atoms with Crippen LogP contribution in [-0.4, -0.2) is 10.2 Å². The van der Waals surface area contributed by atoms with Crippen molar-refractivity contribution in [2.75, 3.05) is 0 Å². The number of hydrogen-bond acceptors (Lipinski definition) is 4. The molecular weight excluding hydrogens is 412 g/mol. The fraction of sp³-hybridized carbons (Fsp3) is 0.125. The van der Waals surface area contributed by atoms with Crippen molar-refractivity contribution in [3.8, 4) is 17.2 Å². The molecule has 0 fully saturated rings. The molecule has 0 bridgehead atoms. The highest BCUT2D eigenvalue weighted by Gasteiger charge is 2.10. The Labute approximate surface area is 144 Å². The van der Waals surface area contributed by atoms with Crippen molar-refractivity contribution >= 4 is 31.9 Å². The molecule has 2 aromatic carbocycles. The Hall–Kier alpha value is -1.66. The molecule has 6 heteroatoms. The van der Waals surface area contributed by atoms with Crippen LogP contribution in [0.4, 0.5) is 0 Å². The summed E-state index contributed by atoms with van der Waals surface area (Å²) in [4.78, 5) is 0. The predicted octanol–water partition coefficient (Wildman–Crippen LogP) is 5.15. The number of benzene rings is 2. The van der Waals surface area contributed by atoms with Crippen LogP contribution in [0.5, 0.6) is 5.75 Å². The first-order chi connectivity index (χ1) is 10.6. The lowest BCUT2D eigenvalue weighted by Crippen LogP contribution is -1.96. The summed E-state index contributed by atoms with van der Waals surface area (Å²) in [5.41, 5.74) is 2.04. The van der Waals surface area contributed by atoms with E-state index in [2.05, 4.69) is 42.1 Å². The SMILES string of the molecule is Cc1ccc(OCc2nnc(-c3ccc(Br)cc3)o2)c(Br)c1. The van der Waals surface area contributed by atoms with Crippen LogP contribution in [0.1, 0.15) is 11.5 Å². The Morgan fingerprint density at radius 1 is 1.05 bits per heavy atom. The van der Waals surface area contributed by atoms with E-state index in [9.17, 15) is 0 Å². The van der Waals surface area contributed by atoms with Gasteiger partial charge in [0.1, 0.15) is 5.75 Å². The van der Waals surface area contributed by atoms with Crippen LogP contribution in [0, 0.1) is 6.92 Å². The highest BCUT2D eigenvalue weighted by atomic mass is 79.9. The van der Waals surface area contributed by atoms with Gasteiger partial charge in [-0.2, -0.15) is 0 Å². The van der Waals surface area contributed by atoms with Crippen molar-refractivity contribution in [1.82, 2.24) is 10.2 Å². The molecule has 0 atom stereocenters. The second-order valence-corrected chi connectivity index (χ2v) is 6.50. The lowest BCUT2D eigenvalue weighted by molar-refractivity contribution is 0.263. The van der Waals surface area contributed by atoms with Crippen LogP contribution in [0.2, 0.25) is 0 Å². The minimum Gasteiger partial charge on any atom is -0.483 e. The zero-order chi connectivity index (χ0) is 15.5. The van der Waals surface area contributed by atoms with E-state index in [0.29, 0.717) is 11.8 Å². The summed E-state index contributed by atoms with van der Waals surface area (Å²) in [7, 11) is 0. The van der Waals surface area contributed by atoms with Crippen molar-refractivity contribution in [2.24, 2.45) is 0 Å². The Bertz CT molecular complexity index is 785. The second kappa shape index (κ2) is 6.62. The second-order valence-electron chi connectivity index (χ2n) is 4.73. The number of nitrogens with zero attached hydrogens (tertiary/aromatic N) is 2. The molecule has 0 amide bonds. The third kappa shape index (κ3) is 3.56. The van der Waals surface area contributed by atoms with E-state index in [1.54, 1.807) is 0 Å². The highest BCUT2D eigenvalue weighted by molar-refractivity contribution is 9.10. The van der Waals surface area contributed by atoms with E-state index >= 15 is 0 Å². The summed E-state index contributed by atoms with van der Waals surface area (Å²) in [5.74, 6) is 1.66. The van der Waals surface area contributed by atoms with Crippen LogP contribution in [0.25, 0.3) is 11.5 Å². The van der Waals surface area contributed by atoms with E-state index < -0.39 is 0 Å². The van der Waals surface area contributed by atoms with E-state index in [0.717, 1.165) is 25.8 Å². The standard InChI is InChI=1S/C16H12Br2N2O2/c1-10-2-7-14(13(18)8-10)21-9-15-19-20-16(22-15)11-3-5-12(17)6-4-11/h2-8H,9H2,1H3. The molecule has 0 unspecified atom stereocenters. The fourth-order valence-corrected chi connectivity index (χ4v) is 2.76. The minimum atomic E-state index is 0.227. The lowest BCUT2D eigenvalue weighted by Gasteiger charge is -2.06. The van der Waals surface area contributed by atoms with E-state index in [-0.39, 0.29) is 6.61 Å². The zero-order valence-corrected chi connectivity index (χ0v) is 14.9. The van der Waals surface area contributed by atoms with Gasteiger partial charge in [-0.05, 0) is 64.8 Å². The average molecular weight is 424 g/mol. The quantitative estimate of drug-likeness (QED) is 0.582. The Kier molecular flexibility index (Phi) is 4.59. The summed E-state index contributed by atoms with van der Waals surface area (Å²) in [6.07, 6.45) is 0. The fourth-order valence-electron chi connectivity index (χ4n) is 1.88. The zero-order valence-electron chi connectivity index (χ0n) is 11.7. The lowest BCUT2D eigenvalue weighted by atomic mass is 10.2. The van der Waals surface area contributed by atoms with Crippen LogP contribution < -0.4 is 4.74 Å². The number of aromatic nitrogens is 2. The van der Waals surface area contributed by atoms with Gasteiger partial charge in [0.25, 0.3) is 5.89 Å². The van der Waals surface area contributed by atoms with Crippen molar-refractivity contribution in [3.05, 3.63) is 62.9 Å². The summed E-state index contributed by atoms with van der Waals surface area (Å²) in [6, 6.07) is 13.6. The number of rotatable bonds is 4. The van der Waals surface area contributed by atoms with Crippen molar-refractivity contribution in [3.63, 3.8) is 0 Å². The third-order valence-corrected chi connectivity index (χ3v) is 4.14. The first kappa shape index (κ1) is 15.2. The van der Waals surface area contributed by atoms with Crippen molar-refractivity contribution in [1.29, 1.82) is 0 Å². The van der Waals surface area contributed by atoms with Gasteiger partial charge in [-0.25, -0.2) is 0 Å². The maximum atomic E-state index is 5.70. The molecule has 0 N–H and O–H groups in total. The van der Waals surface area contributed by atoms with E-state index in [4.69, 9.17) is 9.15 Å². The molecule has 1 aromatic heterocycles. The number of ether oxygens (including phenoxy) is 1. The third-order valence-electron chi connectivity index (χ3n) is 3.00. The maximum Gasteiger partial charge on any atom is 0.254 e. The normalized spacial score (nSPS) is 10.7. The van der Waals surface area contributed by atoms with Crippen molar-refractivity contribution < 1.29 is 9.15 Å². The molecule has 0 aliphatic heterocycles. The Morgan fingerprint density at radius 2 is 1.82 bits per heavy atom. The first-order valence-electron chi connectivity index (χ1n) is 6.59. The van der Waals surface area contributed by atoms with Gasteiger partial charge in [0.15, 0.2) is 6.61 Å². The van der Waals surface area contributed by atoms with Gasteiger partial charge in [0.2, 0.25) is 5.89 Å². The Morgan fingerprint density at radius 3 is 2.55 bits per heavy atom. The van der Waals surface area contributed by atoms with Gasteiger partial charge in [-0.3, -0.25) is 0 Å². The van der Waals surface area contributed by atoms with Crippen LogP contribution in [0.15, 0.2) is 55.8 Å². The largest absolute Gasteiger partial charge is 0.483 e. The van der Waals surface area contributed by atoms with E-state index in [1.807, 2.05) is 49.4 Å². The van der Waals surface area contributed by atoms with Gasteiger partial charge in [0.05, 0.1) is 4.47 Å². The first-order valence-corrected chi connectivity index (χ1v) is 8.18. The number of aryl methyl sites for hydroxylation is 1. The molecule has 4 nitrogen and oxygen atoms in total. The highest BCUT2D eigenvalue weighted by Crippen LogP contribution is 2.27. The molecular formula is C16H12Br2N2O2. The molecule has 0 aliphatic rings. The molecule has 0 saturated heterocycles. The smallest absolute Gasteiger partial charge is 0.254 e. The molecule has 0 aliphatic carbocycles. The maximum absolute atomic E-state index is 5.70.